The molecule has 8 heteroatoms. The number of hydrogen-bond acceptors (Lipinski definition) is 5. The molecule has 1 aromatic carbocycles. The predicted octanol–water partition coefficient (Wildman–Crippen LogP) is 1.93. The monoisotopic (exact) mass is 380 g/mol. The number of thiazole rings is 1. The van der Waals surface area contributed by atoms with Crippen molar-refractivity contribution in [2.45, 2.75) is 13.5 Å². The second-order valence-corrected chi connectivity index (χ2v) is 6.72. The van der Waals surface area contributed by atoms with E-state index in [2.05, 4.69) is 4.98 Å². The lowest BCUT2D eigenvalue weighted by Gasteiger charge is -2.34. The fourth-order valence-electron chi connectivity index (χ4n) is 2.66. The van der Waals surface area contributed by atoms with Gasteiger partial charge in [-0.2, -0.15) is 0 Å². The summed E-state index contributed by atoms with van der Waals surface area (Å²) in [5, 5.41) is 2.50. The number of piperazine rings is 1. The Morgan fingerprint density at radius 2 is 1.64 bits per heavy atom. The number of carbonyl (C=O) groups excluding carboxylic acids is 2. The van der Waals surface area contributed by atoms with E-state index in [1.54, 1.807) is 15.2 Å². The minimum absolute atomic E-state index is 0. The summed E-state index contributed by atoms with van der Waals surface area (Å²) in [6, 6.07) is 7.56. The van der Waals surface area contributed by atoms with Crippen LogP contribution in [-0.2, 0) is 6.54 Å². The van der Waals surface area contributed by atoms with Gasteiger partial charge in [-0.1, -0.05) is 17.7 Å². The van der Waals surface area contributed by atoms with Crippen molar-refractivity contribution in [1.29, 1.82) is 0 Å². The summed E-state index contributed by atoms with van der Waals surface area (Å²) in [6.07, 6.45) is 0. The Morgan fingerprint density at radius 1 is 1.08 bits per heavy atom. The number of rotatable bonds is 3. The van der Waals surface area contributed by atoms with E-state index in [9.17, 15) is 9.59 Å². The van der Waals surface area contributed by atoms with E-state index >= 15 is 0 Å². The lowest BCUT2D eigenvalue weighted by Crippen LogP contribution is -2.50. The Morgan fingerprint density at radius 3 is 2.16 bits per heavy atom. The van der Waals surface area contributed by atoms with Crippen LogP contribution in [0.2, 0.25) is 0 Å². The molecule has 0 aliphatic carbocycles. The van der Waals surface area contributed by atoms with Gasteiger partial charge >= 0.3 is 0 Å². The highest BCUT2D eigenvalue weighted by Gasteiger charge is 2.26. The molecule has 2 N–H and O–H groups in total. The van der Waals surface area contributed by atoms with Crippen molar-refractivity contribution in [1.82, 2.24) is 14.8 Å². The predicted molar refractivity (Wildman–Crippen MR) is 100 cm³/mol. The van der Waals surface area contributed by atoms with Crippen molar-refractivity contribution in [3.63, 3.8) is 0 Å². The second kappa shape index (κ2) is 8.42. The first-order valence-corrected chi connectivity index (χ1v) is 8.76. The Hall–Kier alpha value is -1.96. The Kier molecular flexibility index (Phi) is 6.52. The third-order valence-electron chi connectivity index (χ3n) is 4.10. The molecule has 0 bridgehead atoms. The summed E-state index contributed by atoms with van der Waals surface area (Å²) in [7, 11) is 0. The van der Waals surface area contributed by atoms with Gasteiger partial charge in [-0.25, -0.2) is 4.98 Å². The summed E-state index contributed by atoms with van der Waals surface area (Å²) in [5.74, 6) is -0.0745. The zero-order valence-electron chi connectivity index (χ0n) is 14.0. The van der Waals surface area contributed by atoms with Crippen molar-refractivity contribution in [3.8, 4) is 0 Å². The van der Waals surface area contributed by atoms with Crippen LogP contribution in [0.5, 0.6) is 0 Å². The van der Waals surface area contributed by atoms with Crippen LogP contribution in [0, 0.1) is 6.92 Å². The number of benzene rings is 1. The molecule has 0 radical (unpaired) electrons. The number of amides is 2. The van der Waals surface area contributed by atoms with Crippen LogP contribution in [0.3, 0.4) is 0 Å². The zero-order valence-corrected chi connectivity index (χ0v) is 15.6. The third kappa shape index (κ3) is 4.36. The van der Waals surface area contributed by atoms with E-state index in [1.165, 1.54) is 11.3 Å². The van der Waals surface area contributed by atoms with Gasteiger partial charge in [0.25, 0.3) is 11.8 Å². The first-order valence-electron chi connectivity index (χ1n) is 7.88. The molecule has 0 atom stereocenters. The van der Waals surface area contributed by atoms with E-state index in [-0.39, 0.29) is 24.2 Å². The largest absolute Gasteiger partial charge is 0.335 e. The maximum Gasteiger partial charge on any atom is 0.273 e. The van der Waals surface area contributed by atoms with Crippen LogP contribution in [0.25, 0.3) is 0 Å². The maximum absolute atomic E-state index is 12.5. The molecule has 0 spiro atoms. The molecule has 1 aliphatic heterocycles. The molecule has 2 amide bonds. The number of carbonyl (C=O) groups is 2. The molecule has 3 rings (SSSR count). The van der Waals surface area contributed by atoms with Crippen molar-refractivity contribution in [2.24, 2.45) is 5.73 Å². The van der Waals surface area contributed by atoms with E-state index in [0.29, 0.717) is 44.0 Å². The lowest BCUT2D eigenvalue weighted by molar-refractivity contribution is 0.0532. The van der Waals surface area contributed by atoms with E-state index in [1.807, 2.05) is 31.2 Å². The van der Waals surface area contributed by atoms with Gasteiger partial charge < -0.3 is 15.5 Å². The molecule has 2 aromatic rings. The molecule has 1 aliphatic rings. The van der Waals surface area contributed by atoms with Gasteiger partial charge in [0, 0.05) is 43.7 Å². The van der Waals surface area contributed by atoms with Gasteiger partial charge in [0.05, 0.1) is 0 Å². The van der Waals surface area contributed by atoms with Crippen molar-refractivity contribution in [3.05, 3.63) is 51.5 Å². The number of aryl methyl sites for hydroxylation is 1. The van der Waals surface area contributed by atoms with Gasteiger partial charge in [0.15, 0.2) is 0 Å². The number of halogens is 1. The van der Waals surface area contributed by atoms with Gasteiger partial charge in [-0.15, -0.1) is 23.7 Å². The minimum atomic E-state index is -0.0895. The Labute approximate surface area is 157 Å². The third-order valence-corrected chi connectivity index (χ3v) is 4.97. The number of hydrogen-bond donors (Lipinski definition) is 1. The van der Waals surface area contributed by atoms with Crippen LogP contribution in [-0.4, -0.2) is 52.8 Å². The molecule has 1 aromatic heterocycles. The molecule has 0 unspecified atom stereocenters. The normalized spacial score (nSPS) is 14.2. The summed E-state index contributed by atoms with van der Waals surface area (Å²) in [5.41, 5.74) is 7.79. The highest BCUT2D eigenvalue weighted by Crippen LogP contribution is 2.14. The molecule has 6 nitrogen and oxygen atoms in total. The maximum atomic E-state index is 12.5. The first kappa shape index (κ1) is 19.4. The fourth-order valence-corrected chi connectivity index (χ4v) is 3.30. The SMILES string of the molecule is Cc1ccc(C(=O)N2CCN(C(=O)c3csc(CN)n3)CC2)cc1.Cl. The second-order valence-electron chi connectivity index (χ2n) is 5.78. The zero-order chi connectivity index (χ0) is 17.1. The molecular formula is C17H21ClN4O2S. The minimum Gasteiger partial charge on any atom is -0.335 e. The highest BCUT2D eigenvalue weighted by atomic mass is 35.5. The van der Waals surface area contributed by atoms with Crippen LogP contribution >= 0.6 is 23.7 Å². The molecule has 25 heavy (non-hydrogen) atoms. The summed E-state index contributed by atoms with van der Waals surface area (Å²) in [6.45, 7) is 4.44. The molecule has 1 saturated heterocycles. The smallest absolute Gasteiger partial charge is 0.273 e. The number of nitrogens with two attached hydrogens (primary N) is 1. The molecule has 0 saturated carbocycles. The topological polar surface area (TPSA) is 79.5 Å². The standard InChI is InChI=1S/C17H20N4O2S.ClH/c1-12-2-4-13(5-3-12)16(22)20-6-8-21(9-7-20)17(23)14-11-24-15(10-18)19-14;/h2-5,11H,6-10,18H2,1H3;1H. The van der Waals surface area contributed by atoms with Crippen LogP contribution in [0.15, 0.2) is 29.6 Å². The Balaban J connectivity index is 0.00000225. The molecule has 134 valence electrons. The van der Waals surface area contributed by atoms with Gasteiger partial charge in [-0.05, 0) is 19.1 Å². The van der Waals surface area contributed by atoms with Crippen LogP contribution in [0.4, 0.5) is 0 Å². The average molecular weight is 381 g/mol. The molecule has 1 fully saturated rings. The quantitative estimate of drug-likeness (QED) is 0.882. The first-order chi connectivity index (χ1) is 11.6. The number of nitrogens with zero attached hydrogens (tertiary/aromatic N) is 3. The van der Waals surface area contributed by atoms with Gasteiger partial charge in [-0.3, -0.25) is 9.59 Å². The van der Waals surface area contributed by atoms with Crippen molar-refractivity contribution in [2.75, 3.05) is 26.2 Å². The summed E-state index contributed by atoms with van der Waals surface area (Å²) in [4.78, 5) is 32.7. The lowest BCUT2D eigenvalue weighted by atomic mass is 10.1. The molecule has 2 heterocycles. The number of aromatic nitrogens is 1. The Bertz CT molecular complexity index is 739. The van der Waals surface area contributed by atoms with Gasteiger partial charge in [0.2, 0.25) is 0 Å². The van der Waals surface area contributed by atoms with Crippen LogP contribution < -0.4 is 5.73 Å². The molecular weight excluding hydrogens is 360 g/mol. The van der Waals surface area contributed by atoms with Crippen molar-refractivity contribution < 1.29 is 9.59 Å². The summed E-state index contributed by atoms with van der Waals surface area (Å²) < 4.78 is 0. The van der Waals surface area contributed by atoms with Gasteiger partial charge in [0.1, 0.15) is 10.7 Å². The van der Waals surface area contributed by atoms with Crippen LogP contribution in [0.1, 0.15) is 31.4 Å². The van der Waals surface area contributed by atoms with E-state index < -0.39 is 0 Å². The fraction of sp³-hybridized carbons (Fsp3) is 0.353. The summed E-state index contributed by atoms with van der Waals surface area (Å²) >= 11 is 1.40. The van der Waals surface area contributed by atoms with E-state index in [0.717, 1.165) is 10.6 Å². The van der Waals surface area contributed by atoms with E-state index in [4.69, 9.17) is 5.73 Å². The van der Waals surface area contributed by atoms with Crippen molar-refractivity contribution >= 4 is 35.6 Å². The average Bonchev–Trinajstić information content (AvgIpc) is 3.10. The highest BCUT2D eigenvalue weighted by molar-refractivity contribution is 7.09.